The number of hydrogen-bond acceptors (Lipinski definition) is 3. The van der Waals surface area contributed by atoms with E-state index in [1.807, 2.05) is 0 Å². The fraction of sp³-hybridized carbons (Fsp3) is 0.545. The van der Waals surface area contributed by atoms with Crippen molar-refractivity contribution in [2.75, 3.05) is 6.54 Å². The lowest BCUT2D eigenvalue weighted by atomic mass is 9.98. The predicted molar refractivity (Wildman–Crippen MR) is 111 cm³/mol. The number of carboxylic acids is 1. The van der Waals surface area contributed by atoms with Crippen LogP contribution >= 0.6 is 11.6 Å². The number of carbonyl (C=O) groups is 2. The molecule has 0 unspecified atom stereocenters. The lowest BCUT2D eigenvalue weighted by Gasteiger charge is -2.34. The van der Waals surface area contributed by atoms with Crippen molar-refractivity contribution in [1.82, 2.24) is 4.90 Å². The van der Waals surface area contributed by atoms with Crippen molar-refractivity contribution in [1.29, 1.82) is 0 Å². The second-order valence-corrected chi connectivity index (χ2v) is 8.00. The second-order valence-electron chi connectivity index (χ2n) is 7.57. The molecule has 2 atom stereocenters. The fourth-order valence-corrected chi connectivity index (χ4v) is 3.76. The maximum atomic E-state index is 14.6. The molecule has 8 heteroatoms. The fourth-order valence-electron chi connectivity index (χ4n) is 3.57. The zero-order valence-electron chi connectivity index (χ0n) is 16.8. The molecule has 166 valence electrons. The zero-order chi connectivity index (χ0) is 22.1. The average molecular weight is 444 g/mol. The molecule has 2 rings (SSSR count). The number of halogens is 3. The smallest absolute Gasteiger partial charge is 0.303 e. The third kappa shape index (κ3) is 7.06. The van der Waals surface area contributed by atoms with Gasteiger partial charge in [0.25, 0.3) is 0 Å². The van der Waals surface area contributed by atoms with Crippen molar-refractivity contribution in [2.24, 2.45) is 0 Å². The SMILES string of the molecule is O=C(O)CCCCCCN1C(=O)CCC[C@@H]1/C=C/[C@H](O)C(F)(F)c1cccc(Cl)c1. The molecule has 2 N–H and O–H groups in total. The number of hydrogen-bond donors (Lipinski definition) is 2. The molecule has 1 aromatic carbocycles. The van der Waals surface area contributed by atoms with Crippen LogP contribution < -0.4 is 0 Å². The van der Waals surface area contributed by atoms with Gasteiger partial charge in [0.2, 0.25) is 5.91 Å². The van der Waals surface area contributed by atoms with E-state index < -0.39 is 18.0 Å². The highest BCUT2D eigenvalue weighted by Crippen LogP contribution is 2.34. The Morgan fingerprint density at radius 2 is 2.03 bits per heavy atom. The van der Waals surface area contributed by atoms with E-state index in [2.05, 4.69) is 0 Å². The number of carbonyl (C=O) groups excluding carboxylic acids is 1. The van der Waals surface area contributed by atoms with Crippen molar-refractivity contribution in [3.8, 4) is 0 Å². The molecule has 5 nitrogen and oxygen atoms in total. The number of unbranched alkanes of at least 4 members (excludes halogenated alkanes) is 3. The maximum absolute atomic E-state index is 14.6. The van der Waals surface area contributed by atoms with Crippen LogP contribution in [0.1, 0.15) is 56.9 Å². The number of rotatable bonds is 11. The Labute approximate surface area is 180 Å². The summed E-state index contributed by atoms with van der Waals surface area (Å²) in [6.07, 6.45) is 5.26. The molecule has 1 aliphatic heterocycles. The summed E-state index contributed by atoms with van der Waals surface area (Å²) in [4.78, 5) is 24.5. The first-order chi connectivity index (χ1) is 14.2. The van der Waals surface area contributed by atoms with Crippen LogP contribution in [0.15, 0.2) is 36.4 Å². The standard InChI is InChI=1S/C22H28ClF2NO4/c23-17-8-5-7-16(15-17)22(24,25)19(27)13-12-18-9-6-10-20(28)26(18)14-4-2-1-3-11-21(29)30/h5,7-8,12-13,15,18-19,27H,1-4,6,9-11,14H2,(H,29,30)/b13-12+/t18-,19+/m1/s1. The van der Waals surface area contributed by atoms with Crippen molar-refractivity contribution < 1.29 is 28.6 Å². The molecule has 0 saturated carbocycles. The summed E-state index contributed by atoms with van der Waals surface area (Å²) >= 11 is 5.78. The Kier molecular flexibility index (Phi) is 9.24. The van der Waals surface area contributed by atoms with E-state index in [-0.39, 0.29) is 29.0 Å². The van der Waals surface area contributed by atoms with Gasteiger partial charge in [0.05, 0.1) is 6.04 Å². The minimum atomic E-state index is -3.50. The van der Waals surface area contributed by atoms with E-state index >= 15 is 0 Å². The molecule has 30 heavy (non-hydrogen) atoms. The summed E-state index contributed by atoms with van der Waals surface area (Å²) in [5.41, 5.74) is -0.370. The Hall–Kier alpha value is -1.99. The van der Waals surface area contributed by atoms with Gasteiger partial charge < -0.3 is 15.1 Å². The van der Waals surface area contributed by atoms with Crippen LogP contribution in [0.4, 0.5) is 8.78 Å². The molecule has 1 aromatic rings. The monoisotopic (exact) mass is 443 g/mol. The molecule has 0 bridgehead atoms. The number of carboxylic acid groups (broad SMARTS) is 1. The lowest BCUT2D eigenvalue weighted by Crippen LogP contribution is -2.43. The molecule has 0 aromatic heterocycles. The Bertz CT molecular complexity index is 756. The first-order valence-corrected chi connectivity index (χ1v) is 10.6. The van der Waals surface area contributed by atoms with Crippen LogP contribution in [0.25, 0.3) is 0 Å². The predicted octanol–water partition coefficient (Wildman–Crippen LogP) is 4.77. The summed E-state index contributed by atoms with van der Waals surface area (Å²) in [5.74, 6) is -4.35. The van der Waals surface area contributed by atoms with Crippen LogP contribution in [0.2, 0.25) is 5.02 Å². The minimum absolute atomic E-state index is 0.0301. The summed E-state index contributed by atoms with van der Waals surface area (Å²) in [6, 6.07) is 4.88. The summed E-state index contributed by atoms with van der Waals surface area (Å²) < 4.78 is 29.1. The highest BCUT2D eigenvalue weighted by molar-refractivity contribution is 6.30. The Morgan fingerprint density at radius 3 is 2.73 bits per heavy atom. The van der Waals surface area contributed by atoms with Gasteiger partial charge >= 0.3 is 11.9 Å². The van der Waals surface area contributed by atoms with Crippen molar-refractivity contribution in [3.05, 3.63) is 47.0 Å². The van der Waals surface area contributed by atoms with Crippen LogP contribution in [0.5, 0.6) is 0 Å². The van der Waals surface area contributed by atoms with E-state index in [0.29, 0.717) is 32.2 Å². The van der Waals surface area contributed by atoms with E-state index in [0.717, 1.165) is 31.4 Å². The highest BCUT2D eigenvalue weighted by atomic mass is 35.5. The average Bonchev–Trinajstić information content (AvgIpc) is 2.69. The molecule has 1 fully saturated rings. The van der Waals surface area contributed by atoms with Gasteiger partial charge in [-0.15, -0.1) is 0 Å². The van der Waals surface area contributed by atoms with Crippen LogP contribution in [-0.2, 0) is 15.5 Å². The molecule has 1 heterocycles. The molecule has 0 spiro atoms. The van der Waals surface area contributed by atoms with Gasteiger partial charge in [-0.1, -0.05) is 48.7 Å². The third-order valence-electron chi connectivity index (χ3n) is 5.25. The number of aliphatic hydroxyl groups excluding tert-OH is 1. The number of piperidine rings is 1. The molecule has 1 amide bonds. The van der Waals surface area contributed by atoms with E-state index in [1.54, 1.807) is 4.90 Å². The van der Waals surface area contributed by atoms with Crippen molar-refractivity contribution >= 4 is 23.5 Å². The van der Waals surface area contributed by atoms with Crippen molar-refractivity contribution in [2.45, 2.75) is 69.4 Å². The Morgan fingerprint density at radius 1 is 1.30 bits per heavy atom. The summed E-state index contributed by atoms with van der Waals surface area (Å²) in [5, 5.41) is 18.9. The van der Waals surface area contributed by atoms with Crippen molar-refractivity contribution in [3.63, 3.8) is 0 Å². The van der Waals surface area contributed by atoms with Gasteiger partial charge in [0, 0.05) is 30.0 Å². The van der Waals surface area contributed by atoms with Gasteiger partial charge in [-0.2, -0.15) is 8.78 Å². The largest absolute Gasteiger partial charge is 0.481 e. The molecule has 1 aliphatic rings. The molecule has 0 radical (unpaired) electrons. The van der Waals surface area contributed by atoms with E-state index in [4.69, 9.17) is 16.7 Å². The highest BCUT2D eigenvalue weighted by Gasteiger charge is 2.39. The van der Waals surface area contributed by atoms with Crippen LogP contribution in [-0.4, -0.2) is 45.7 Å². The number of benzene rings is 1. The number of alkyl halides is 2. The van der Waals surface area contributed by atoms with Gasteiger partial charge in [0.1, 0.15) is 6.10 Å². The van der Waals surface area contributed by atoms with Gasteiger partial charge in [0.15, 0.2) is 0 Å². The molecular weight excluding hydrogens is 416 g/mol. The van der Waals surface area contributed by atoms with E-state index in [9.17, 15) is 23.5 Å². The first-order valence-electron chi connectivity index (χ1n) is 10.2. The number of nitrogens with zero attached hydrogens (tertiary/aromatic N) is 1. The van der Waals surface area contributed by atoms with Gasteiger partial charge in [-0.3, -0.25) is 9.59 Å². The molecular formula is C22H28ClF2NO4. The van der Waals surface area contributed by atoms with Crippen LogP contribution in [0, 0.1) is 0 Å². The number of aliphatic carboxylic acids is 1. The molecule has 1 saturated heterocycles. The third-order valence-corrected chi connectivity index (χ3v) is 5.48. The van der Waals surface area contributed by atoms with Gasteiger partial charge in [-0.05, 0) is 37.8 Å². The summed E-state index contributed by atoms with van der Waals surface area (Å²) in [6.45, 7) is 0.488. The normalized spacial score (nSPS) is 18.7. The topological polar surface area (TPSA) is 77.8 Å². The lowest BCUT2D eigenvalue weighted by molar-refractivity contribution is -0.137. The Balaban J connectivity index is 1.95. The second kappa shape index (κ2) is 11.4. The van der Waals surface area contributed by atoms with Crippen LogP contribution in [0.3, 0.4) is 0 Å². The van der Waals surface area contributed by atoms with E-state index in [1.165, 1.54) is 24.3 Å². The number of amides is 1. The first kappa shape index (κ1) is 24.3. The summed E-state index contributed by atoms with van der Waals surface area (Å²) in [7, 11) is 0. The minimum Gasteiger partial charge on any atom is -0.481 e. The number of likely N-dealkylation sites (tertiary alicyclic amines) is 1. The quantitative estimate of drug-likeness (QED) is 0.381. The molecule has 0 aliphatic carbocycles. The van der Waals surface area contributed by atoms with Gasteiger partial charge in [-0.25, -0.2) is 0 Å². The zero-order valence-corrected chi connectivity index (χ0v) is 17.5. The maximum Gasteiger partial charge on any atom is 0.303 e. The number of aliphatic hydroxyl groups is 1.